The number of ether oxygens (including phenoxy) is 2. The monoisotopic (exact) mass is 521 g/mol. The van der Waals surface area contributed by atoms with Crippen molar-refractivity contribution in [2.24, 2.45) is 0 Å². The van der Waals surface area contributed by atoms with Crippen LogP contribution in [0.4, 0.5) is 5.13 Å². The molecule has 4 rings (SSSR count). The van der Waals surface area contributed by atoms with Crippen molar-refractivity contribution in [1.29, 1.82) is 0 Å². The molecule has 4 aromatic rings. The zero-order valence-electron chi connectivity index (χ0n) is 21.4. The number of aryl methyl sites for hydroxylation is 3. The molecule has 2 heterocycles. The minimum absolute atomic E-state index is 0.0726. The Balaban J connectivity index is 1.66. The van der Waals surface area contributed by atoms with Gasteiger partial charge in [0.15, 0.2) is 17.5 Å². The summed E-state index contributed by atoms with van der Waals surface area (Å²) in [4.78, 5) is 44.6. The van der Waals surface area contributed by atoms with Crippen molar-refractivity contribution in [3.05, 3.63) is 68.3 Å². The number of hydrogen-bond donors (Lipinski definition) is 1. The van der Waals surface area contributed by atoms with Crippen molar-refractivity contribution in [3.8, 4) is 22.8 Å². The SMILES string of the molecule is COc1ccc(-c2oc3c(C)cc(C)cc3c(=O)c2OCC(=O)Nc2nc(C)c(C(=O)N(C)C)s2)cc1. The van der Waals surface area contributed by atoms with E-state index in [2.05, 4.69) is 10.3 Å². The van der Waals surface area contributed by atoms with Gasteiger partial charge in [0.2, 0.25) is 11.2 Å². The van der Waals surface area contributed by atoms with Crippen molar-refractivity contribution in [1.82, 2.24) is 9.88 Å². The molecule has 37 heavy (non-hydrogen) atoms. The van der Waals surface area contributed by atoms with Gasteiger partial charge in [0.1, 0.15) is 16.2 Å². The van der Waals surface area contributed by atoms with Gasteiger partial charge in [-0.1, -0.05) is 17.4 Å². The maximum atomic E-state index is 13.5. The van der Waals surface area contributed by atoms with Crippen molar-refractivity contribution in [2.75, 3.05) is 33.1 Å². The Kier molecular flexibility index (Phi) is 7.30. The lowest BCUT2D eigenvalue weighted by Crippen LogP contribution is -2.22. The number of thiazole rings is 1. The number of benzene rings is 2. The predicted octanol–water partition coefficient (Wildman–Crippen LogP) is 4.57. The number of amides is 2. The second kappa shape index (κ2) is 10.4. The van der Waals surface area contributed by atoms with Gasteiger partial charge in [-0.2, -0.15) is 0 Å². The van der Waals surface area contributed by atoms with E-state index in [4.69, 9.17) is 13.9 Å². The maximum absolute atomic E-state index is 13.5. The number of rotatable bonds is 7. The number of carbonyl (C=O) groups is 2. The Labute approximate surface area is 217 Å². The van der Waals surface area contributed by atoms with Crippen molar-refractivity contribution in [3.63, 3.8) is 0 Å². The smallest absolute Gasteiger partial charge is 0.265 e. The van der Waals surface area contributed by atoms with Crippen LogP contribution in [0.2, 0.25) is 0 Å². The molecule has 2 aromatic heterocycles. The standard InChI is InChI=1S/C27H27N3O6S/c1-14-11-15(2)22-19(12-14)21(32)24(23(36-22)17-7-9-18(34-6)10-8-17)35-13-20(31)29-27-28-16(3)25(37-27)26(33)30(4)5/h7-12H,13H2,1-6H3,(H,28,29,31). The molecule has 10 heteroatoms. The summed E-state index contributed by atoms with van der Waals surface area (Å²) in [5.74, 6) is 0.0558. The number of hydrogen-bond acceptors (Lipinski definition) is 8. The topological polar surface area (TPSA) is 111 Å². The van der Waals surface area contributed by atoms with Crippen LogP contribution in [0.5, 0.6) is 11.5 Å². The van der Waals surface area contributed by atoms with Crippen molar-refractivity contribution < 1.29 is 23.5 Å². The van der Waals surface area contributed by atoms with Gasteiger partial charge in [-0.15, -0.1) is 0 Å². The zero-order chi connectivity index (χ0) is 26.9. The summed E-state index contributed by atoms with van der Waals surface area (Å²) in [5.41, 5.74) is 2.90. The average Bonchev–Trinajstić information content (AvgIpc) is 3.22. The average molecular weight is 522 g/mol. The van der Waals surface area contributed by atoms with Gasteiger partial charge in [-0.25, -0.2) is 4.98 Å². The Morgan fingerprint density at radius 3 is 2.46 bits per heavy atom. The maximum Gasteiger partial charge on any atom is 0.265 e. The molecule has 0 atom stereocenters. The van der Waals surface area contributed by atoms with E-state index in [-0.39, 0.29) is 28.0 Å². The Bertz CT molecular complexity index is 1550. The van der Waals surface area contributed by atoms with E-state index in [0.29, 0.717) is 32.9 Å². The molecule has 192 valence electrons. The van der Waals surface area contributed by atoms with E-state index >= 15 is 0 Å². The predicted molar refractivity (Wildman–Crippen MR) is 143 cm³/mol. The molecular weight excluding hydrogens is 494 g/mol. The third-order valence-corrected chi connectivity index (χ3v) is 6.68. The van der Waals surface area contributed by atoms with Crippen LogP contribution in [0.3, 0.4) is 0 Å². The molecule has 0 saturated heterocycles. The van der Waals surface area contributed by atoms with Gasteiger partial charge in [0, 0.05) is 19.7 Å². The fraction of sp³-hybridized carbons (Fsp3) is 0.259. The molecule has 0 aliphatic heterocycles. The molecule has 0 bridgehead atoms. The number of nitrogens with zero attached hydrogens (tertiary/aromatic N) is 2. The second-order valence-corrected chi connectivity index (χ2v) is 9.75. The number of fused-ring (bicyclic) bond motifs is 1. The third kappa shape index (κ3) is 5.34. The Morgan fingerprint density at radius 2 is 1.81 bits per heavy atom. The fourth-order valence-corrected chi connectivity index (χ4v) is 4.84. The lowest BCUT2D eigenvalue weighted by atomic mass is 10.1. The van der Waals surface area contributed by atoms with E-state index in [9.17, 15) is 14.4 Å². The largest absolute Gasteiger partial charge is 0.497 e. The highest BCUT2D eigenvalue weighted by molar-refractivity contribution is 7.17. The lowest BCUT2D eigenvalue weighted by Gasteiger charge is -2.13. The van der Waals surface area contributed by atoms with E-state index < -0.39 is 12.5 Å². The number of methoxy groups -OCH3 is 1. The van der Waals surface area contributed by atoms with E-state index in [1.165, 1.54) is 4.90 Å². The molecule has 0 unspecified atom stereocenters. The highest BCUT2D eigenvalue weighted by atomic mass is 32.1. The van der Waals surface area contributed by atoms with Crippen LogP contribution in [0.25, 0.3) is 22.3 Å². The normalized spacial score (nSPS) is 10.9. The van der Waals surface area contributed by atoms with Gasteiger partial charge < -0.3 is 18.8 Å². The number of carbonyl (C=O) groups excluding carboxylic acids is 2. The van der Waals surface area contributed by atoms with Crippen LogP contribution in [0.1, 0.15) is 26.5 Å². The molecule has 2 amide bonds. The first-order chi connectivity index (χ1) is 17.6. The molecule has 0 aliphatic rings. The first-order valence-electron chi connectivity index (χ1n) is 11.4. The minimum Gasteiger partial charge on any atom is -0.497 e. The zero-order valence-corrected chi connectivity index (χ0v) is 22.2. The molecule has 0 spiro atoms. The minimum atomic E-state index is -0.529. The van der Waals surface area contributed by atoms with Crippen LogP contribution in [-0.2, 0) is 4.79 Å². The van der Waals surface area contributed by atoms with E-state index in [1.54, 1.807) is 58.5 Å². The second-order valence-electron chi connectivity index (χ2n) is 8.75. The molecule has 9 nitrogen and oxygen atoms in total. The molecule has 0 radical (unpaired) electrons. The van der Waals surface area contributed by atoms with Crippen LogP contribution in [0, 0.1) is 20.8 Å². The number of nitrogens with one attached hydrogen (secondary N) is 1. The summed E-state index contributed by atoms with van der Waals surface area (Å²) in [6.45, 7) is 5.00. The summed E-state index contributed by atoms with van der Waals surface area (Å²) in [6, 6.07) is 10.7. The van der Waals surface area contributed by atoms with Gasteiger partial charge >= 0.3 is 0 Å². The van der Waals surface area contributed by atoms with Gasteiger partial charge in [0.25, 0.3) is 11.8 Å². The lowest BCUT2D eigenvalue weighted by molar-refractivity contribution is -0.118. The molecular formula is C27H27N3O6S. The summed E-state index contributed by atoms with van der Waals surface area (Å²) >= 11 is 1.08. The number of aromatic nitrogens is 1. The Hall–Kier alpha value is -4.18. The first-order valence-corrected chi connectivity index (χ1v) is 12.2. The summed E-state index contributed by atoms with van der Waals surface area (Å²) in [6.07, 6.45) is 0. The quantitative estimate of drug-likeness (QED) is 0.379. The highest BCUT2D eigenvalue weighted by Crippen LogP contribution is 2.33. The molecule has 0 fully saturated rings. The summed E-state index contributed by atoms with van der Waals surface area (Å²) in [5, 5.41) is 3.28. The van der Waals surface area contributed by atoms with Crippen molar-refractivity contribution >= 4 is 39.3 Å². The van der Waals surface area contributed by atoms with Gasteiger partial charge in [-0.05, 0) is 62.2 Å². The Morgan fingerprint density at radius 1 is 1.11 bits per heavy atom. The van der Waals surface area contributed by atoms with Crippen LogP contribution in [0.15, 0.2) is 45.6 Å². The first kappa shape index (κ1) is 25.9. The van der Waals surface area contributed by atoms with Crippen molar-refractivity contribution in [2.45, 2.75) is 20.8 Å². The third-order valence-electron chi connectivity index (χ3n) is 5.62. The van der Waals surface area contributed by atoms with Gasteiger partial charge in [0.05, 0.1) is 18.2 Å². The highest BCUT2D eigenvalue weighted by Gasteiger charge is 2.22. The number of anilines is 1. The fourth-order valence-electron chi connectivity index (χ4n) is 3.84. The van der Waals surface area contributed by atoms with E-state index in [1.807, 2.05) is 19.9 Å². The molecule has 0 saturated carbocycles. The van der Waals surface area contributed by atoms with Crippen LogP contribution >= 0.6 is 11.3 Å². The van der Waals surface area contributed by atoms with E-state index in [0.717, 1.165) is 22.5 Å². The van der Waals surface area contributed by atoms with Gasteiger partial charge in [-0.3, -0.25) is 19.7 Å². The van der Waals surface area contributed by atoms with Crippen LogP contribution < -0.4 is 20.2 Å². The summed E-state index contributed by atoms with van der Waals surface area (Å²) in [7, 11) is 4.85. The molecule has 1 N–H and O–H groups in total. The summed E-state index contributed by atoms with van der Waals surface area (Å²) < 4.78 is 17.2. The van der Waals surface area contributed by atoms with Crippen LogP contribution in [-0.4, -0.2) is 49.5 Å². The molecule has 2 aromatic carbocycles. The molecule has 0 aliphatic carbocycles.